The van der Waals surface area contributed by atoms with Crippen LogP contribution in [-0.4, -0.2) is 81.7 Å². The molecule has 6 fully saturated rings. The van der Waals surface area contributed by atoms with E-state index in [0.717, 1.165) is 19.3 Å². The van der Waals surface area contributed by atoms with E-state index in [1.54, 1.807) is 0 Å². The van der Waals surface area contributed by atoms with Gasteiger partial charge in [0.2, 0.25) is 5.79 Å². The van der Waals surface area contributed by atoms with Gasteiger partial charge >= 0.3 is 0 Å². The Morgan fingerprint density at radius 3 is 2.42 bits per heavy atom. The molecule has 1 saturated carbocycles. The Morgan fingerprint density at radius 2 is 1.68 bits per heavy atom. The molecule has 5 heterocycles. The zero-order valence-electron chi connectivity index (χ0n) is 18.1. The van der Waals surface area contributed by atoms with Gasteiger partial charge in [0, 0.05) is 18.3 Å². The molecule has 0 aromatic rings. The fourth-order valence-corrected chi connectivity index (χ4v) is 6.34. The fraction of sp³-hybridized carbons (Fsp3) is 1.00. The molecule has 4 N–H and O–H groups in total. The van der Waals surface area contributed by atoms with Gasteiger partial charge in [0.1, 0.15) is 24.4 Å². The molecule has 0 aromatic carbocycles. The van der Waals surface area contributed by atoms with Gasteiger partial charge in [-0.2, -0.15) is 0 Å². The highest BCUT2D eigenvalue weighted by atomic mass is 17.3. The lowest BCUT2D eigenvalue weighted by Crippen LogP contribution is -2.71. The van der Waals surface area contributed by atoms with Gasteiger partial charge in [-0.05, 0) is 38.0 Å². The first-order valence-corrected chi connectivity index (χ1v) is 11.4. The van der Waals surface area contributed by atoms with Crippen LogP contribution in [0.15, 0.2) is 0 Å². The van der Waals surface area contributed by atoms with Gasteiger partial charge in [0.05, 0.1) is 6.61 Å². The molecular weight excluding hydrogens is 412 g/mol. The van der Waals surface area contributed by atoms with Gasteiger partial charge in [0.25, 0.3) is 0 Å². The third-order valence-electron chi connectivity index (χ3n) is 8.21. The van der Waals surface area contributed by atoms with Crippen LogP contribution in [-0.2, 0) is 28.7 Å². The van der Waals surface area contributed by atoms with Gasteiger partial charge in [0.15, 0.2) is 24.5 Å². The maximum absolute atomic E-state index is 10.4. The van der Waals surface area contributed by atoms with E-state index in [0.29, 0.717) is 12.3 Å². The summed E-state index contributed by atoms with van der Waals surface area (Å²) in [5, 5.41) is 40.0. The molecule has 0 unspecified atom stereocenters. The minimum Gasteiger partial charge on any atom is -0.394 e. The Balaban J connectivity index is 1.41. The maximum atomic E-state index is 10.4. The average molecular weight is 446 g/mol. The molecule has 5 aliphatic heterocycles. The monoisotopic (exact) mass is 446 g/mol. The summed E-state index contributed by atoms with van der Waals surface area (Å²) in [6.07, 6.45) is -4.74. The van der Waals surface area contributed by atoms with Crippen molar-refractivity contribution < 1.29 is 49.1 Å². The van der Waals surface area contributed by atoms with E-state index >= 15 is 0 Å². The Kier molecular flexibility index (Phi) is 5.66. The number of hydrogen-bond donors (Lipinski definition) is 4. The molecule has 0 amide bonds. The van der Waals surface area contributed by atoms with E-state index in [1.165, 1.54) is 0 Å². The van der Waals surface area contributed by atoms with Crippen molar-refractivity contribution >= 4 is 0 Å². The Labute approximate surface area is 181 Å². The van der Waals surface area contributed by atoms with E-state index in [2.05, 4.69) is 6.92 Å². The minimum absolute atomic E-state index is 0.0324. The third-order valence-corrected chi connectivity index (χ3v) is 8.21. The normalized spacial score (nSPS) is 59.1. The summed E-state index contributed by atoms with van der Waals surface area (Å²) in [5.41, 5.74) is -0.734. The van der Waals surface area contributed by atoms with E-state index in [4.69, 9.17) is 28.7 Å². The first-order valence-electron chi connectivity index (χ1n) is 11.4. The highest BCUT2D eigenvalue weighted by molar-refractivity contribution is 5.09. The molecule has 0 aromatic heterocycles. The zero-order valence-corrected chi connectivity index (χ0v) is 18.1. The average Bonchev–Trinajstić information content (AvgIpc) is 2.98. The minimum atomic E-state index is -1.51. The van der Waals surface area contributed by atoms with Crippen LogP contribution < -0.4 is 0 Å². The van der Waals surface area contributed by atoms with Crippen molar-refractivity contribution in [1.29, 1.82) is 0 Å². The number of fused-ring (bicyclic) bond motifs is 2. The first-order chi connectivity index (χ1) is 14.7. The summed E-state index contributed by atoms with van der Waals surface area (Å²) in [5.74, 6) is -0.370. The SMILES string of the molecule is C[C@H]1[C@@H](O[C@H]2O[C@H](CO)[C@@H](O)[C@H](O)[C@H]2O)O[C@@H]2O[C@@]3(C)CC[C@H]4[C@H](C)CC[C@@H]1[C@@]24OO3. The highest BCUT2D eigenvalue weighted by Crippen LogP contribution is 2.60. The smallest absolute Gasteiger partial charge is 0.201 e. The highest BCUT2D eigenvalue weighted by Gasteiger charge is 2.69. The zero-order chi connectivity index (χ0) is 22.1. The summed E-state index contributed by atoms with van der Waals surface area (Å²) < 4.78 is 24.1. The number of rotatable bonds is 3. The summed E-state index contributed by atoms with van der Waals surface area (Å²) in [7, 11) is 0. The largest absolute Gasteiger partial charge is 0.394 e. The number of aliphatic hydroxyl groups is 4. The Morgan fingerprint density at radius 1 is 0.903 bits per heavy atom. The van der Waals surface area contributed by atoms with E-state index in [9.17, 15) is 20.4 Å². The predicted octanol–water partition coefficient (Wildman–Crippen LogP) is 0.0109. The summed E-state index contributed by atoms with van der Waals surface area (Å²) >= 11 is 0. The van der Waals surface area contributed by atoms with Gasteiger partial charge in [-0.1, -0.05) is 13.8 Å². The second kappa shape index (κ2) is 7.83. The summed E-state index contributed by atoms with van der Waals surface area (Å²) in [6, 6.07) is 0. The fourth-order valence-electron chi connectivity index (χ4n) is 6.34. The lowest BCUT2D eigenvalue weighted by atomic mass is 9.58. The standard InChI is InChI=1S/C21H34O10/c1-9-4-5-12-10(2)17(27-18-16(25)15(24)14(23)13(8-22)26-18)28-19-21(12)11(9)6-7-20(3,29-19)30-31-21/h9-19,22-25H,4-8H2,1-3H3/t9-,10-,11+,12+,13-,14-,15+,16-,17+,18-,19-,20-,21-/m1/s1. The van der Waals surface area contributed by atoms with E-state index in [-0.39, 0.29) is 17.8 Å². The lowest BCUT2D eigenvalue weighted by Gasteiger charge is -2.60. The van der Waals surface area contributed by atoms with Crippen molar-refractivity contribution in [3.8, 4) is 0 Å². The molecule has 178 valence electrons. The first kappa shape index (κ1) is 22.4. The molecule has 1 aliphatic carbocycles. The lowest BCUT2D eigenvalue weighted by molar-refractivity contribution is -0.579. The molecule has 6 rings (SSSR count). The molecular formula is C21H34O10. The summed E-state index contributed by atoms with van der Waals surface area (Å²) in [6.45, 7) is 5.55. The van der Waals surface area contributed by atoms with Gasteiger partial charge in [-0.3, -0.25) is 0 Å². The van der Waals surface area contributed by atoms with Crippen LogP contribution in [0.1, 0.15) is 46.5 Å². The van der Waals surface area contributed by atoms with Crippen LogP contribution in [0.4, 0.5) is 0 Å². The summed E-state index contributed by atoms with van der Waals surface area (Å²) in [4.78, 5) is 11.9. The molecule has 0 radical (unpaired) electrons. The van der Waals surface area contributed by atoms with Crippen LogP contribution >= 0.6 is 0 Å². The van der Waals surface area contributed by atoms with Crippen molar-refractivity contribution in [3.63, 3.8) is 0 Å². The molecule has 5 saturated heterocycles. The van der Waals surface area contributed by atoms with Gasteiger partial charge < -0.3 is 39.4 Å². The van der Waals surface area contributed by atoms with Crippen molar-refractivity contribution in [1.82, 2.24) is 0 Å². The second-order valence-electron chi connectivity index (χ2n) is 10.1. The molecule has 10 nitrogen and oxygen atoms in total. The molecule has 6 aliphatic rings. The van der Waals surface area contributed by atoms with Gasteiger partial charge in [-0.15, -0.1) is 0 Å². The van der Waals surface area contributed by atoms with Crippen LogP contribution in [0.25, 0.3) is 0 Å². The van der Waals surface area contributed by atoms with E-state index in [1.807, 2.05) is 13.8 Å². The number of hydrogen-bond acceptors (Lipinski definition) is 10. The van der Waals surface area contributed by atoms with Crippen LogP contribution in [0.3, 0.4) is 0 Å². The molecule has 2 bridgehead atoms. The van der Waals surface area contributed by atoms with Crippen LogP contribution in [0, 0.1) is 23.7 Å². The van der Waals surface area contributed by atoms with Crippen molar-refractivity contribution in [2.75, 3.05) is 6.61 Å². The molecule has 1 spiro atoms. The number of ether oxygens (including phenoxy) is 4. The Hall–Kier alpha value is -0.400. The van der Waals surface area contributed by atoms with Crippen LogP contribution in [0.5, 0.6) is 0 Å². The Bertz CT molecular complexity index is 677. The third kappa shape index (κ3) is 3.30. The molecule has 31 heavy (non-hydrogen) atoms. The van der Waals surface area contributed by atoms with Crippen molar-refractivity contribution in [3.05, 3.63) is 0 Å². The van der Waals surface area contributed by atoms with E-state index < -0.39 is 61.3 Å². The van der Waals surface area contributed by atoms with Crippen molar-refractivity contribution in [2.24, 2.45) is 23.7 Å². The van der Waals surface area contributed by atoms with Crippen LogP contribution in [0.2, 0.25) is 0 Å². The topological polar surface area (TPSA) is 136 Å². The quantitative estimate of drug-likeness (QED) is 0.439. The number of aliphatic hydroxyl groups excluding tert-OH is 4. The van der Waals surface area contributed by atoms with Crippen molar-refractivity contribution in [2.45, 2.75) is 101 Å². The van der Waals surface area contributed by atoms with Gasteiger partial charge in [-0.25, -0.2) is 9.78 Å². The second-order valence-corrected chi connectivity index (χ2v) is 10.1. The molecule has 13 atom stereocenters. The maximum Gasteiger partial charge on any atom is 0.201 e. The predicted molar refractivity (Wildman–Crippen MR) is 102 cm³/mol. The molecule has 10 heteroatoms.